The van der Waals surface area contributed by atoms with Crippen LogP contribution in [0, 0.1) is 6.92 Å². The quantitative estimate of drug-likeness (QED) is 0.286. The number of carbonyl (C=O) groups excluding carboxylic acids is 2. The molecule has 0 aromatic carbocycles. The van der Waals surface area contributed by atoms with Crippen LogP contribution in [-0.2, 0) is 14.3 Å². The molecule has 0 radical (unpaired) electrons. The Bertz CT molecular complexity index is 432. The number of carbonyl (C=O) groups is 2. The third kappa shape index (κ3) is 8.32. The second kappa shape index (κ2) is 9.94. The maximum atomic E-state index is 11.1. The molecule has 0 spiro atoms. The van der Waals surface area contributed by atoms with Crippen molar-refractivity contribution in [2.24, 2.45) is 0 Å². The van der Waals surface area contributed by atoms with Crippen molar-refractivity contribution in [2.75, 3.05) is 12.4 Å². The number of esters is 1. The van der Waals surface area contributed by atoms with E-state index in [4.69, 9.17) is 4.74 Å². The largest absolute Gasteiger partial charge is 0.465 e. The SMILES string of the molecule is CC(=O)CC(=O)OCCCCCCSc1nc(C)cs1. The smallest absolute Gasteiger partial charge is 0.313 e. The third-order valence-electron chi connectivity index (χ3n) is 2.52. The van der Waals surface area contributed by atoms with Gasteiger partial charge in [-0.3, -0.25) is 9.59 Å². The molecule has 0 unspecified atom stereocenters. The lowest BCUT2D eigenvalue weighted by Crippen LogP contribution is -2.09. The van der Waals surface area contributed by atoms with Gasteiger partial charge >= 0.3 is 5.97 Å². The summed E-state index contributed by atoms with van der Waals surface area (Å²) in [4.78, 5) is 26.2. The molecule has 0 bridgehead atoms. The molecule has 112 valence electrons. The second-order valence-corrected chi connectivity index (χ2v) is 6.82. The van der Waals surface area contributed by atoms with Crippen molar-refractivity contribution in [3.05, 3.63) is 11.1 Å². The lowest BCUT2D eigenvalue weighted by molar-refractivity contribution is -0.145. The van der Waals surface area contributed by atoms with E-state index in [0.717, 1.165) is 41.5 Å². The molecule has 0 amide bonds. The van der Waals surface area contributed by atoms with Crippen molar-refractivity contribution in [1.29, 1.82) is 0 Å². The molecule has 4 nitrogen and oxygen atoms in total. The number of ketones is 1. The minimum atomic E-state index is -0.410. The summed E-state index contributed by atoms with van der Waals surface area (Å²) in [6.45, 7) is 3.82. The summed E-state index contributed by atoms with van der Waals surface area (Å²) in [6.07, 6.45) is 4.08. The van der Waals surface area contributed by atoms with Crippen LogP contribution in [-0.4, -0.2) is 29.1 Å². The molecule has 0 aliphatic carbocycles. The van der Waals surface area contributed by atoms with E-state index in [1.807, 2.05) is 6.92 Å². The number of ether oxygens (including phenoxy) is 1. The fourth-order valence-electron chi connectivity index (χ4n) is 1.56. The van der Waals surface area contributed by atoms with E-state index in [9.17, 15) is 9.59 Å². The van der Waals surface area contributed by atoms with Crippen LogP contribution in [0.2, 0.25) is 0 Å². The summed E-state index contributed by atoms with van der Waals surface area (Å²) in [7, 11) is 0. The van der Waals surface area contributed by atoms with Gasteiger partial charge in [-0.25, -0.2) is 4.98 Å². The maximum absolute atomic E-state index is 11.1. The molecule has 1 aromatic heterocycles. The standard InChI is InChI=1S/C14H21NO3S2/c1-11-10-20-14(15-11)19-8-6-4-3-5-7-18-13(17)9-12(2)16/h10H,3-9H2,1-2H3. The first-order valence-electron chi connectivity index (χ1n) is 6.78. The zero-order valence-corrected chi connectivity index (χ0v) is 13.6. The Morgan fingerprint density at radius 3 is 2.70 bits per heavy atom. The Labute approximate surface area is 128 Å². The summed E-state index contributed by atoms with van der Waals surface area (Å²) < 4.78 is 6.10. The summed E-state index contributed by atoms with van der Waals surface area (Å²) in [6, 6.07) is 0. The first-order chi connectivity index (χ1) is 9.58. The number of nitrogens with zero attached hydrogens (tertiary/aromatic N) is 1. The summed E-state index contributed by atoms with van der Waals surface area (Å²) in [5.74, 6) is 0.522. The Morgan fingerprint density at radius 1 is 1.30 bits per heavy atom. The van der Waals surface area contributed by atoms with E-state index < -0.39 is 5.97 Å². The van der Waals surface area contributed by atoms with Crippen molar-refractivity contribution >= 4 is 34.9 Å². The van der Waals surface area contributed by atoms with E-state index >= 15 is 0 Å². The lowest BCUT2D eigenvalue weighted by Gasteiger charge is -2.03. The zero-order valence-electron chi connectivity index (χ0n) is 12.0. The van der Waals surface area contributed by atoms with Crippen LogP contribution in [0.4, 0.5) is 0 Å². The topological polar surface area (TPSA) is 56.3 Å². The number of hydrogen-bond acceptors (Lipinski definition) is 6. The van der Waals surface area contributed by atoms with Crippen LogP contribution in [0.15, 0.2) is 9.72 Å². The monoisotopic (exact) mass is 315 g/mol. The minimum Gasteiger partial charge on any atom is -0.465 e. The van der Waals surface area contributed by atoms with Gasteiger partial charge in [-0.1, -0.05) is 24.6 Å². The highest BCUT2D eigenvalue weighted by atomic mass is 32.2. The van der Waals surface area contributed by atoms with Crippen LogP contribution in [0.5, 0.6) is 0 Å². The average Bonchev–Trinajstić information content (AvgIpc) is 2.77. The number of unbranched alkanes of at least 4 members (excludes halogenated alkanes) is 3. The molecule has 1 heterocycles. The molecule has 20 heavy (non-hydrogen) atoms. The number of rotatable bonds is 10. The highest BCUT2D eigenvalue weighted by Crippen LogP contribution is 2.23. The van der Waals surface area contributed by atoms with Crippen molar-refractivity contribution in [3.8, 4) is 0 Å². The van der Waals surface area contributed by atoms with Gasteiger partial charge in [-0.15, -0.1) is 11.3 Å². The number of thiazole rings is 1. The van der Waals surface area contributed by atoms with Crippen LogP contribution in [0.1, 0.15) is 44.7 Å². The Balaban J connectivity index is 1.90. The lowest BCUT2D eigenvalue weighted by atomic mass is 10.2. The van der Waals surface area contributed by atoms with Gasteiger partial charge in [0.2, 0.25) is 0 Å². The Hall–Kier alpha value is -0.880. The van der Waals surface area contributed by atoms with E-state index in [1.54, 1.807) is 23.1 Å². The van der Waals surface area contributed by atoms with Gasteiger partial charge in [0.25, 0.3) is 0 Å². The number of thioether (sulfide) groups is 1. The third-order valence-corrected chi connectivity index (χ3v) is 4.74. The molecule has 1 rings (SSSR count). The first kappa shape index (κ1) is 17.2. The van der Waals surface area contributed by atoms with Crippen LogP contribution < -0.4 is 0 Å². The molecular weight excluding hydrogens is 294 g/mol. The zero-order chi connectivity index (χ0) is 14.8. The van der Waals surface area contributed by atoms with Gasteiger partial charge in [-0.2, -0.15) is 0 Å². The van der Waals surface area contributed by atoms with Crippen molar-refractivity contribution in [2.45, 2.75) is 50.3 Å². The van der Waals surface area contributed by atoms with Crippen LogP contribution in [0.25, 0.3) is 0 Å². The second-order valence-electron chi connectivity index (χ2n) is 4.62. The number of Topliss-reactive ketones (excluding diaryl/α,β-unsaturated/α-hetero) is 1. The molecule has 0 saturated heterocycles. The van der Waals surface area contributed by atoms with Gasteiger partial charge in [0.15, 0.2) is 0 Å². The Morgan fingerprint density at radius 2 is 2.05 bits per heavy atom. The molecule has 0 atom stereocenters. The van der Waals surface area contributed by atoms with Crippen molar-refractivity contribution in [3.63, 3.8) is 0 Å². The highest BCUT2D eigenvalue weighted by Gasteiger charge is 2.05. The molecule has 0 aliphatic heterocycles. The van der Waals surface area contributed by atoms with Crippen LogP contribution in [0.3, 0.4) is 0 Å². The van der Waals surface area contributed by atoms with E-state index in [0.29, 0.717) is 6.61 Å². The van der Waals surface area contributed by atoms with E-state index in [1.165, 1.54) is 6.92 Å². The van der Waals surface area contributed by atoms with Gasteiger partial charge in [0.1, 0.15) is 16.5 Å². The fraction of sp³-hybridized carbons (Fsp3) is 0.643. The summed E-state index contributed by atoms with van der Waals surface area (Å²) >= 11 is 3.50. The van der Waals surface area contributed by atoms with E-state index in [2.05, 4.69) is 10.4 Å². The summed E-state index contributed by atoms with van der Waals surface area (Å²) in [5, 5.41) is 2.07. The maximum Gasteiger partial charge on any atom is 0.313 e. The fourth-order valence-corrected chi connectivity index (χ4v) is 3.48. The number of aryl methyl sites for hydroxylation is 1. The first-order valence-corrected chi connectivity index (χ1v) is 8.64. The minimum absolute atomic E-state index is 0.107. The molecule has 0 saturated carbocycles. The Kier molecular flexibility index (Phi) is 8.53. The molecule has 0 N–H and O–H groups in total. The van der Waals surface area contributed by atoms with Crippen LogP contribution >= 0.6 is 23.1 Å². The predicted octanol–water partition coefficient (Wildman–Crippen LogP) is 3.63. The molecule has 1 aromatic rings. The number of aromatic nitrogens is 1. The van der Waals surface area contributed by atoms with Crippen molar-refractivity contribution in [1.82, 2.24) is 4.98 Å². The van der Waals surface area contributed by atoms with Gasteiger partial charge < -0.3 is 4.74 Å². The van der Waals surface area contributed by atoms with Gasteiger partial charge in [-0.05, 0) is 26.7 Å². The molecule has 6 heteroatoms. The summed E-state index contributed by atoms with van der Waals surface area (Å²) in [5.41, 5.74) is 1.09. The number of hydrogen-bond donors (Lipinski definition) is 0. The van der Waals surface area contributed by atoms with Gasteiger partial charge in [0.05, 0.1) is 6.61 Å². The molecular formula is C14H21NO3S2. The normalized spacial score (nSPS) is 10.5. The highest BCUT2D eigenvalue weighted by molar-refractivity contribution is 8.00. The average molecular weight is 315 g/mol. The predicted molar refractivity (Wildman–Crippen MR) is 82.3 cm³/mol. The van der Waals surface area contributed by atoms with Gasteiger partial charge in [0, 0.05) is 16.8 Å². The van der Waals surface area contributed by atoms with Crippen molar-refractivity contribution < 1.29 is 14.3 Å². The molecule has 0 fully saturated rings. The molecule has 0 aliphatic rings. The van der Waals surface area contributed by atoms with E-state index in [-0.39, 0.29) is 12.2 Å².